The third-order valence-electron chi connectivity index (χ3n) is 5.37. The molecule has 1 aliphatic heterocycles. The average Bonchev–Trinajstić information content (AvgIpc) is 3.23. The van der Waals surface area contributed by atoms with Gasteiger partial charge in [-0.1, -0.05) is 30.3 Å². The first kappa shape index (κ1) is 18.0. The van der Waals surface area contributed by atoms with Crippen molar-refractivity contribution in [2.45, 2.75) is 6.54 Å². The number of amides is 1. The standard InChI is InChI=1S/C22H20N4O2S/c27-21(25-11-9-24(10-12-25)14-16-4-2-1-3-5-16)17-6-7-19-23-18-8-13-29-20(18)22(28)26(19)15-17/h1-8,13,15H,9-12,14H2. The molecule has 1 amide bonds. The molecule has 0 aliphatic carbocycles. The Morgan fingerprint density at radius 3 is 2.59 bits per heavy atom. The maximum absolute atomic E-state index is 13.0. The Morgan fingerprint density at radius 2 is 1.79 bits per heavy atom. The first-order valence-corrected chi connectivity index (χ1v) is 10.5. The van der Waals surface area contributed by atoms with Crippen molar-refractivity contribution in [1.29, 1.82) is 0 Å². The van der Waals surface area contributed by atoms with Gasteiger partial charge in [0.25, 0.3) is 11.5 Å². The fourth-order valence-corrected chi connectivity index (χ4v) is 4.56. The minimum atomic E-state index is -0.123. The Kier molecular flexibility index (Phi) is 4.61. The third kappa shape index (κ3) is 3.43. The lowest BCUT2D eigenvalue weighted by molar-refractivity contribution is 0.0628. The van der Waals surface area contributed by atoms with Gasteiger partial charge in [0.1, 0.15) is 10.3 Å². The summed E-state index contributed by atoms with van der Waals surface area (Å²) in [5.41, 5.74) is 2.95. The van der Waals surface area contributed by atoms with Gasteiger partial charge in [-0.15, -0.1) is 11.3 Å². The molecule has 4 aromatic rings. The molecule has 3 aromatic heterocycles. The molecular weight excluding hydrogens is 384 g/mol. The number of piperazine rings is 1. The van der Waals surface area contributed by atoms with Crippen LogP contribution in [0.3, 0.4) is 0 Å². The van der Waals surface area contributed by atoms with E-state index in [0.29, 0.717) is 34.5 Å². The molecule has 6 nitrogen and oxygen atoms in total. The van der Waals surface area contributed by atoms with Crippen molar-refractivity contribution < 1.29 is 4.79 Å². The lowest BCUT2D eigenvalue weighted by Crippen LogP contribution is -2.48. The van der Waals surface area contributed by atoms with Gasteiger partial charge >= 0.3 is 0 Å². The van der Waals surface area contributed by atoms with Crippen molar-refractivity contribution in [1.82, 2.24) is 19.2 Å². The number of pyridine rings is 1. The second kappa shape index (κ2) is 7.42. The molecule has 0 saturated carbocycles. The zero-order chi connectivity index (χ0) is 19.8. The van der Waals surface area contributed by atoms with Crippen molar-refractivity contribution >= 4 is 33.1 Å². The van der Waals surface area contributed by atoms with Gasteiger partial charge in [0.15, 0.2) is 0 Å². The van der Waals surface area contributed by atoms with Crippen molar-refractivity contribution in [3.05, 3.63) is 81.6 Å². The molecule has 5 rings (SSSR count). The third-order valence-corrected chi connectivity index (χ3v) is 6.27. The maximum atomic E-state index is 13.0. The van der Waals surface area contributed by atoms with Crippen molar-refractivity contribution in [2.24, 2.45) is 0 Å². The second-order valence-electron chi connectivity index (χ2n) is 7.25. The predicted molar refractivity (Wildman–Crippen MR) is 114 cm³/mol. The lowest BCUT2D eigenvalue weighted by atomic mass is 10.2. The minimum Gasteiger partial charge on any atom is -0.336 e. The second-order valence-corrected chi connectivity index (χ2v) is 8.17. The monoisotopic (exact) mass is 404 g/mol. The maximum Gasteiger partial charge on any atom is 0.275 e. The van der Waals surface area contributed by atoms with Crippen molar-refractivity contribution in [2.75, 3.05) is 26.2 Å². The number of rotatable bonds is 3. The van der Waals surface area contributed by atoms with Gasteiger partial charge in [0.2, 0.25) is 0 Å². The number of hydrogen-bond acceptors (Lipinski definition) is 5. The van der Waals surface area contributed by atoms with Crippen LogP contribution < -0.4 is 5.56 Å². The van der Waals surface area contributed by atoms with E-state index in [0.717, 1.165) is 19.6 Å². The molecular formula is C22H20N4O2S. The van der Waals surface area contributed by atoms with Crippen LogP contribution in [0.1, 0.15) is 15.9 Å². The molecule has 0 radical (unpaired) electrons. The van der Waals surface area contributed by atoms with Gasteiger partial charge in [0, 0.05) is 38.9 Å². The summed E-state index contributed by atoms with van der Waals surface area (Å²) in [4.78, 5) is 34.5. The summed E-state index contributed by atoms with van der Waals surface area (Å²) in [6.07, 6.45) is 1.63. The largest absolute Gasteiger partial charge is 0.336 e. The Labute approximate surface area is 171 Å². The SMILES string of the molecule is O=C(c1ccc2nc3ccsc3c(=O)n2c1)N1CCN(Cc2ccccc2)CC1. The number of carbonyl (C=O) groups excluding carboxylic acids is 1. The van der Waals surface area contributed by atoms with Gasteiger partial charge in [0.05, 0.1) is 11.1 Å². The zero-order valence-corrected chi connectivity index (χ0v) is 16.6. The predicted octanol–water partition coefficient (Wildman–Crippen LogP) is 2.87. The zero-order valence-electron chi connectivity index (χ0n) is 15.8. The van der Waals surface area contributed by atoms with Crippen LogP contribution in [-0.4, -0.2) is 51.3 Å². The van der Waals surface area contributed by atoms with E-state index in [2.05, 4.69) is 34.1 Å². The first-order valence-electron chi connectivity index (χ1n) is 9.64. The Morgan fingerprint density at radius 1 is 1.00 bits per heavy atom. The van der Waals surface area contributed by atoms with Gasteiger partial charge in [-0.2, -0.15) is 0 Å². The Bertz CT molecular complexity index is 1240. The molecule has 29 heavy (non-hydrogen) atoms. The molecule has 0 atom stereocenters. The van der Waals surface area contributed by atoms with Crippen LogP contribution in [0.25, 0.3) is 15.9 Å². The molecule has 1 aromatic carbocycles. The number of aromatic nitrogens is 2. The number of fused-ring (bicyclic) bond motifs is 2. The summed E-state index contributed by atoms with van der Waals surface area (Å²) in [7, 11) is 0. The van der Waals surface area contributed by atoms with Crippen LogP contribution in [0.5, 0.6) is 0 Å². The van der Waals surface area contributed by atoms with E-state index in [1.807, 2.05) is 22.4 Å². The van der Waals surface area contributed by atoms with Gasteiger partial charge in [-0.3, -0.25) is 18.9 Å². The molecule has 7 heteroatoms. The lowest BCUT2D eigenvalue weighted by Gasteiger charge is -2.34. The van der Waals surface area contributed by atoms with E-state index < -0.39 is 0 Å². The molecule has 146 valence electrons. The summed E-state index contributed by atoms with van der Waals surface area (Å²) in [5, 5.41) is 1.86. The molecule has 0 N–H and O–H groups in total. The number of carbonyl (C=O) groups is 1. The van der Waals surface area contributed by atoms with E-state index in [9.17, 15) is 9.59 Å². The van der Waals surface area contributed by atoms with Crippen LogP contribution in [0, 0.1) is 0 Å². The van der Waals surface area contributed by atoms with Gasteiger partial charge < -0.3 is 4.90 Å². The highest BCUT2D eigenvalue weighted by molar-refractivity contribution is 7.17. The van der Waals surface area contributed by atoms with Crippen LogP contribution >= 0.6 is 11.3 Å². The molecule has 4 heterocycles. The van der Waals surface area contributed by atoms with E-state index in [4.69, 9.17) is 0 Å². The summed E-state index contributed by atoms with van der Waals surface area (Å²) in [6, 6.07) is 15.7. The average molecular weight is 404 g/mol. The van der Waals surface area contributed by atoms with E-state index in [1.165, 1.54) is 21.3 Å². The van der Waals surface area contributed by atoms with E-state index in [1.54, 1.807) is 18.3 Å². The number of nitrogens with zero attached hydrogens (tertiary/aromatic N) is 4. The highest BCUT2D eigenvalue weighted by Gasteiger charge is 2.22. The molecule has 0 bridgehead atoms. The molecule has 0 spiro atoms. The number of benzene rings is 1. The van der Waals surface area contributed by atoms with E-state index >= 15 is 0 Å². The van der Waals surface area contributed by atoms with Crippen molar-refractivity contribution in [3.8, 4) is 0 Å². The smallest absolute Gasteiger partial charge is 0.275 e. The summed E-state index contributed by atoms with van der Waals surface area (Å²) in [5.74, 6) is -0.0376. The van der Waals surface area contributed by atoms with Crippen LogP contribution in [-0.2, 0) is 6.54 Å². The summed E-state index contributed by atoms with van der Waals surface area (Å²) >= 11 is 1.38. The van der Waals surface area contributed by atoms with Crippen LogP contribution in [0.15, 0.2) is 64.9 Å². The van der Waals surface area contributed by atoms with E-state index in [-0.39, 0.29) is 11.5 Å². The molecule has 1 saturated heterocycles. The molecule has 0 unspecified atom stereocenters. The first-order chi connectivity index (χ1) is 14.2. The topological polar surface area (TPSA) is 57.9 Å². The normalized spacial score (nSPS) is 15.2. The highest BCUT2D eigenvalue weighted by Crippen LogP contribution is 2.17. The fourth-order valence-electron chi connectivity index (χ4n) is 3.79. The summed E-state index contributed by atoms with van der Waals surface area (Å²) < 4.78 is 2.10. The fraction of sp³-hybridized carbons (Fsp3) is 0.227. The molecule has 1 aliphatic rings. The van der Waals surface area contributed by atoms with Crippen LogP contribution in [0.4, 0.5) is 0 Å². The summed E-state index contributed by atoms with van der Waals surface area (Å²) in [6.45, 7) is 3.94. The van der Waals surface area contributed by atoms with Gasteiger partial charge in [-0.25, -0.2) is 4.98 Å². The molecule has 1 fully saturated rings. The Balaban J connectivity index is 1.33. The number of hydrogen-bond donors (Lipinski definition) is 0. The minimum absolute atomic E-state index is 0.0376. The number of thiophene rings is 1. The van der Waals surface area contributed by atoms with Crippen molar-refractivity contribution in [3.63, 3.8) is 0 Å². The van der Waals surface area contributed by atoms with Crippen LogP contribution in [0.2, 0.25) is 0 Å². The van der Waals surface area contributed by atoms with Gasteiger partial charge in [-0.05, 0) is 29.1 Å². The Hall–Kier alpha value is -3.03. The highest BCUT2D eigenvalue weighted by atomic mass is 32.1. The quantitative estimate of drug-likeness (QED) is 0.527.